The van der Waals surface area contributed by atoms with Crippen LogP contribution < -0.4 is 5.56 Å². The summed E-state index contributed by atoms with van der Waals surface area (Å²) < 4.78 is 6.88. The van der Waals surface area contributed by atoms with Crippen LogP contribution in [0.15, 0.2) is 53.3 Å². The predicted octanol–water partition coefficient (Wildman–Crippen LogP) is 3.87. The molecule has 1 amide bonds. The number of rotatable bonds is 5. The first-order valence-corrected chi connectivity index (χ1v) is 10.0. The minimum absolute atomic E-state index is 0.0502. The third-order valence-corrected chi connectivity index (χ3v) is 5.38. The molecule has 2 aromatic carbocycles. The SMILES string of the molecule is CC(C)N1CC(Cn2nc(Cc3ccc(Cl)cc3)c3ccccc3c2=O)OC1=O. The molecule has 0 saturated carbocycles. The Morgan fingerprint density at radius 3 is 2.45 bits per heavy atom. The average molecular weight is 412 g/mol. The lowest BCUT2D eigenvalue weighted by Gasteiger charge is -2.17. The molecule has 0 radical (unpaired) electrons. The smallest absolute Gasteiger partial charge is 0.410 e. The summed E-state index contributed by atoms with van der Waals surface area (Å²) in [6.07, 6.45) is -0.180. The maximum atomic E-state index is 13.0. The van der Waals surface area contributed by atoms with Gasteiger partial charge in [0, 0.05) is 22.9 Å². The molecule has 3 aromatic rings. The van der Waals surface area contributed by atoms with Gasteiger partial charge in [-0.25, -0.2) is 9.48 Å². The molecule has 1 atom stereocenters. The summed E-state index contributed by atoms with van der Waals surface area (Å²) in [5.74, 6) is 0. The molecule has 2 heterocycles. The molecule has 7 heteroatoms. The van der Waals surface area contributed by atoms with E-state index in [4.69, 9.17) is 16.3 Å². The monoisotopic (exact) mass is 411 g/mol. The highest BCUT2D eigenvalue weighted by atomic mass is 35.5. The second kappa shape index (κ2) is 7.87. The van der Waals surface area contributed by atoms with Gasteiger partial charge in [0.25, 0.3) is 5.56 Å². The Morgan fingerprint density at radius 1 is 1.10 bits per heavy atom. The average Bonchev–Trinajstić information content (AvgIpc) is 3.07. The van der Waals surface area contributed by atoms with Crippen LogP contribution in [0.3, 0.4) is 0 Å². The number of hydrogen-bond acceptors (Lipinski definition) is 4. The van der Waals surface area contributed by atoms with Crippen molar-refractivity contribution in [2.45, 2.75) is 39.0 Å². The standard InChI is InChI=1S/C22H22ClN3O3/c1-14(2)25-12-17(29-22(25)28)13-26-21(27)19-6-4-3-5-18(19)20(24-26)11-15-7-9-16(23)10-8-15/h3-10,14,17H,11-13H2,1-2H3. The predicted molar refractivity (Wildman–Crippen MR) is 112 cm³/mol. The first-order chi connectivity index (χ1) is 13.9. The normalized spacial score (nSPS) is 16.6. The van der Waals surface area contributed by atoms with E-state index in [2.05, 4.69) is 5.10 Å². The van der Waals surface area contributed by atoms with Crippen LogP contribution in [-0.4, -0.2) is 39.5 Å². The first-order valence-electron chi connectivity index (χ1n) is 9.63. The highest BCUT2D eigenvalue weighted by Gasteiger charge is 2.33. The minimum Gasteiger partial charge on any atom is -0.442 e. The zero-order valence-corrected chi connectivity index (χ0v) is 17.1. The highest BCUT2D eigenvalue weighted by molar-refractivity contribution is 6.30. The third kappa shape index (κ3) is 3.98. The van der Waals surface area contributed by atoms with Crippen molar-refractivity contribution in [3.8, 4) is 0 Å². The third-order valence-electron chi connectivity index (χ3n) is 5.13. The van der Waals surface area contributed by atoms with E-state index in [9.17, 15) is 9.59 Å². The van der Waals surface area contributed by atoms with Crippen molar-refractivity contribution in [1.29, 1.82) is 0 Å². The summed E-state index contributed by atoms with van der Waals surface area (Å²) in [5, 5.41) is 6.75. The van der Waals surface area contributed by atoms with Crippen LogP contribution in [-0.2, 0) is 17.7 Å². The van der Waals surface area contributed by atoms with Crippen molar-refractivity contribution in [2.24, 2.45) is 0 Å². The van der Waals surface area contributed by atoms with Gasteiger partial charge in [0.2, 0.25) is 0 Å². The topological polar surface area (TPSA) is 64.4 Å². The molecular formula is C22H22ClN3O3. The molecule has 29 heavy (non-hydrogen) atoms. The van der Waals surface area contributed by atoms with Crippen molar-refractivity contribution < 1.29 is 9.53 Å². The lowest BCUT2D eigenvalue weighted by Crippen LogP contribution is -2.34. The van der Waals surface area contributed by atoms with Gasteiger partial charge in [0.05, 0.1) is 24.2 Å². The summed E-state index contributed by atoms with van der Waals surface area (Å²) in [7, 11) is 0. The van der Waals surface area contributed by atoms with Crippen molar-refractivity contribution in [2.75, 3.05) is 6.54 Å². The minimum atomic E-state index is -0.403. The van der Waals surface area contributed by atoms with Gasteiger partial charge in [-0.3, -0.25) is 4.79 Å². The Labute approximate surface area is 173 Å². The summed E-state index contributed by atoms with van der Waals surface area (Å²) in [4.78, 5) is 26.7. The van der Waals surface area contributed by atoms with Gasteiger partial charge in [-0.05, 0) is 37.6 Å². The zero-order valence-electron chi connectivity index (χ0n) is 16.3. The fourth-order valence-corrected chi connectivity index (χ4v) is 3.73. The molecule has 0 N–H and O–H groups in total. The summed E-state index contributed by atoms with van der Waals surface area (Å²) in [5.41, 5.74) is 1.67. The molecule has 1 aromatic heterocycles. The van der Waals surface area contributed by atoms with E-state index in [0.717, 1.165) is 16.6 Å². The molecule has 1 aliphatic heterocycles. The van der Waals surface area contributed by atoms with Gasteiger partial charge in [0.1, 0.15) is 6.10 Å². The Kier molecular flexibility index (Phi) is 5.28. The molecular weight excluding hydrogens is 390 g/mol. The molecule has 0 aliphatic carbocycles. The van der Waals surface area contributed by atoms with Gasteiger partial charge < -0.3 is 9.64 Å². The second-order valence-corrected chi connectivity index (χ2v) is 7.97. The van der Waals surface area contributed by atoms with Crippen LogP contribution in [0.25, 0.3) is 10.8 Å². The molecule has 1 aliphatic rings. The number of carbonyl (C=O) groups is 1. The van der Waals surface area contributed by atoms with E-state index in [0.29, 0.717) is 23.4 Å². The van der Waals surface area contributed by atoms with E-state index >= 15 is 0 Å². The van der Waals surface area contributed by atoms with Gasteiger partial charge in [-0.15, -0.1) is 0 Å². The second-order valence-electron chi connectivity index (χ2n) is 7.53. The molecule has 0 spiro atoms. The largest absolute Gasteiger partial charge is 0.442 e. The fraction of sp³-hybridized carbons (Fsp3) is 0.318. The lowest BCUT2D eigenvalue weighted by atomic mass is 10.0. The molecule has 1 saturated heterocycles. The van der Waals surface area contributed by atoms with Crippen LogP contribution in [0.5, 0.6) is 0 Å². The van der Waals surface area contributed by atoms with E-state index in [1.807, 2.05) is 62.4 Å². The lowest BCUT2D eigenvalue weighted by molar-refractivity contribution is 0.120. The maximum absolute atomic E-state index is 13.0. The van der Waals surface area contributed by atoms with E-state index in [-0.39, 0.29) is 24.2 Å². The molecule has 1 fully saturated rings. The van der Waals surface area contributed by atoms with Gasteiger partial charge in [-0.2, -0.15) is 5.10 Å². The van der Waals surface area contributed by atoms with Gasteiger partial charge in [-0.1, -0.05) is 41.9 Å². The van der Waals surface area contributed by atoms with Gasteiger partial charge >= 0.3 is 6.09 Å². The number of amides is 1. The van der Waals surface area contributed by atoms with Crippen LogP contribution in [0.4, 0.5) is 4.79 Å². The Balaban J connectivity index is 1.69. The number of nitrogens with zero attached hydrogens (tertiary/aromatic N) is 3. The number of carbonyl (C=O) groups excluding carboxylic acids is 1. The van der Waals surface area contributed by atoms with Crippen molar-refractivity contribution in [1.82, 2.24) is 14.7 Å². The zero-order chi connectivity index (χ0) is 20.5. The van der Waals surface area contributed by atoms with Crippen molar-refractivity contribution in [3.05, 3.63) is 75.2 Å². The van der Waals surface area contributed by atoms with Crippen LogP contribution in [0, 0.1) is 0 Å². The van der Waals surface area contributed by atoms with E-state index in [1.54, 1.807) is 4.90 Å². The highest BCUT2D eigenvalue weighted by Crippen LogP contribution is 2.20. The maximum Gasteiger partial charge on any atom is 0.410 e. The molecule has 4 rings (SSSR count). The summed E-state index contributed by atoms with van der Waals surface area (Å²) >= 11 is 5.99. The Hall–Kier alpha value is -2.86. The van der Waals surface area contributed by atoms with Crippen molar-refractivity contribution >= 4 is 28.5 Å². The number of aromatic nitrogens is 2. The number of hydrogen-bond donors (Lipinski definition) is 0. The van der Waals surface area contributed by atoms with Gasteiger partial charge in [0.15, 0.2) is 0 Å². The van der Waals surface area contributed by atoms with Crippen LogP contribution in [0.1, 0.15) is 25.1 Å². The number of halogens is 1. The van der Waals surface area contributed by atoms with Crippen LogP contribution in [0.2, 0.25) is 5.02 Å². The number of benzene rings is 2. The summed E-state index contributed by atoms with van der Waals surface area (Å²) in [6, 6.07) is 15.1. The number of cyclic esters (lactones) is 1. The Bertz CT molecular complexity index is 1110. The Morgan fingerprint density at radius 2 is 1.79 bits per heavy atom. The summed E-state index contributed by atoms with van der Waals surface area (Å²) in [6.45, 7) is 4.55. The van der Waals surface area contributed by atoms with E-state index < -0.39 is 6.10 Å². The quantitative estimate of drug-likeness (QED) is 0.639. The molecule has 1 unspecified atom stereocenters. The molecule has 0 bridgehead atoms. The molecule has 6 nitrogen and oxygen atoms in total. The van der Waals surface area contributed by atoms with Crippen molar-refractivity contribution in [3.63, 3.8) is 0 Å². The van der Waals surface area contributed by atoms with E-state index in [1.165, 1.54) is 4.68 Å². The fourth-order valence-electron chi connectivity index (χ4n) is 3.61. The number of fused-ring (bicyclic) bond motifs is 1. The molecule has 150 valence electrons. The number of ether oxygens (including phenoxy) is 1. The first kappa shape index (κ1) is 19.5. The van der Waals surface area contributed by atoms with Crippen LogP contribution >= 0.6 is 11.6 Å².